The summed E-state index contributed by atoms with van der Waals surface area (Å²) >= 11 is 1.10. The first-order chi connectivity index (χ1) is 16.2. The SMILES string of the molecule is CN(SON1CCC(CC/C=C/CC(F)(F)C(F)(F)F)CC1)C1(C(=O)OC(C)(C)C)CCOCC1. The van der Waals surface area contributed by atoms with E-state index in [4.69, 9.17) is 13.8 Å². The molecule has 2 aliphatic heterocycles. The van der Waals surface area contributed by atoms with E-state index in [0.717, 1.165) is 37.6 Å². The van der Waals surface area contributed by atoms with Crippen molar-refractivity contribution in [1.82, 2.24) is 9.37 Å². The maximum Gasteiger partial charge on any atom is 0.453 e. The summed E-state index contributed by atoms with van der Waals surface area (Å²) in [7, 11) is 1.81. The molecule has 2 aliphatic rings. The molecule has 0 atom stereocenters. The number of alkyl halides is 5. The molecule has 35 heavy (non-hydrogen) atoms. The third-order valence-electron chi connectivity index (χ3n) is 6.22. The van der Waals surface area contributed by atoms with Gasteiger partial charge in [-0.15, -0.1) is 0 Å². The molecule has 0 spiro atoms. The van der Waals surface area contributed by atoms with Crippen molar-refractivity contribution in [3.8, 4) is 0 Å². The summed E-state index contributed by atoms with van der Waals surface area (Å²) in [6.07, 6.45) is -0.721. The lowest BCUT2D eigenvalue weighted by Crippen LogP contribution is -2.56. The van der Waals surface area contributed by atoms with Gasteiger partial charge in [-0.2, -0.15) is 27.0 Å². The molecule has 2 saturated heterocycles. The first-order valence-corrected chi connectivity index (χ1v) is 12.6. The van der Waals surface area contributed by atoms with Gasteiger partial charge in [-0.25, -0.2) is 13.4 Å². The number of likely N-dealkylation sites (N-methyl/N-ethyl adjacent to an activating group) is 1. The predicted molar refractivity (Wildman–Crippen MR) is 123 cm³/mol. The van der Waals surface area contributed by atoms with Crippen LogP contribution >= 0.6 is 12.2 Å². The highest BCUT2D eigenvalue weighted by molar-refractivity contribution is 7.92. The van der Waals surface area contributed by atoms with Crippen molar-refractivity contribution in [1.29, 1.82) is 0 Å². The lowest BCUT2D eigenvalue weighted by Gasteiger charge is -2.42. The second-order valence-electron chi connectivity index (χ2n) is 10.1. The normalized spacial score (nSPS) is 21.1. The maximum absolute atomic E-state index is 13.0. The van der Waals surface area contributed by atoms with Gasteiger partial charge in [-0.3, -0.25) is 0 Å². The summed E-state index contributed by atoms with van der Waals surface area (Å²) in [6.45, 7) is 7.72. The average molecular weight is 533 g/mol. The van der Waals surface area contributed by atoms with Crippen LogP contribution in [0.5, 0.6) is 0 Å². The largest absolute Gasteiger partial charge is 0.459 e. The fourth-order valence-corrected chi connectivity index (χ4v) is 4.71. The monoisotopic (exact) mass is 532 g/mol. The number of halogens is 5. The molecule has 2 fully saturated rings. The van der Waals surface area contributed by atoms with Gasteiger partial charge in [-0.05, 0) is 52.4 Å². The molecule has 0 N–H and O–H groups in total. The fourth-order valence-electron chi connectivity index (χ4n) is 3.97. The number of piperidine rings is 1. The number of hydrogen-bond acceptors (Lipinski definition) is 7. The first kappa shape index (κ1) is 30.3. The molecule has 6 nitrogen and oxygen atoms in total. The van der Waals surface area contributed by atoms with Crippen LogP contribution in [0.1, 0.15) is 65.7 Å². The Kier molecular flexibility index (Phi) is 10.8. The number of esters is 1. The van der Waals surface area contributed by atoms with Crippen molar-refractivity contribution in [2.75, 3.05) is 33.4 Å². The van der Waals surface area contributed by atoms with Gasteiger partial charge in [0.2, 0.25) is 0 Å². The Balaban J connectivity index is 1.75. The smallest absolute Gasteiger partial charge is 0.453 e. The molecule has 0 saturated carbocycles. The Morgan fingerprint density at radius 3 is 2.26 bits per heavy atom. The van der Waals surface area contributed by atoms with Gasteiger partial charge >= 0.3 is 18.1 Å². The van der Waals surface area contributed by atoms with Gasteiger partial charge in [0, 0.05) is 52.6 Å². The summed E-state index contributed by atoms with van der Waals surface area (Å²) in [5.74, 6) is -4.65. The van der Waals surface area contributed by atoms with E-state index in [-0.39, 0.29) is 5.97 Å². The van der Waals surface area contributed by atoms with Crippen molar-refractivity contribution < 1.29 is 40.5 Å². The summed E-state index contributed by atoms with van der Waals surface area (Å²) in [5.41, 5.74) is -1.45. The highest BCUT2D eigenvalue weighted by atomic mass is 32.2. The maximum atomic E-state index is 13.0. The fraction of sp³-hybridized carbons (Fsp3) is 0.870. The Bertz CT molecular complexity index is 701. The number of rotatable bonds is 10. The summed E-state index contributed by atoms with van der Waals surface area (Å²) in [6, 6.07) is 0. The minimum absolute atomic E-state index is 0.299. The van der Waals surface area contributed by atoms with Crippen LogP contribution < -0.4 is 0 Å². The third-order valence-corrected chi connectivity index (χ3v) is 7.07. The molecule has 0 aliphatic carbocycles. The number of ether oxygens (including phenoxy) is 2. The highest BCUT2D eigenvalue weighted by Gasteiger charge is 2.56. The third kappa shape index (κ3) is 9.14. The highest BCUT2D eigenvalue weighted by Crippen LogP contribution is 2.38. The molecular weight excluding hydrogens is 495 g/mol. The van der Waals surface area contributed by atoms with Crippen LogP contribution in [0, 0.1) is 5.92 Å². The van der Waals surface area contributed by atoms with Gasteiger partial charge in [0.15, 0.2) is 0 Å². The van der Waals surface area contributed by atoms with E-state index >= 15 is 0 Å². The zero-order valence-electron chi connectivity index (χ0n) is 20.8. The van der Waals surface area contributed by atoms with Gasteiger partial charge < -0.3 is 9.47 Å². The quantitative estimate of drug-likeness (QED) is 0.113. The molecular formula is C23H37F5N2O4S. The molecule has 12 heteroatoms. The summed E-state index contributed by atoms with van der Waals surface area (Å²) in [4.78, 5) is 13.0. The van der Waals surface area contributed by atoms with Crippen molar-refractivity contribution >= 4 is 18.2 Å². The average Bonchev–Trinajstić information content (AvgIpc) is 2.76. The van der Waals surface area contributed by atoms with Crippen molar-refractivity contribution in [2.45, 2.75) is 89.0 Å². The number of hydrogen-bond donors (Lipinski definition) is 0. The minimum atomic E-state index is -5.52. The summed E-state index contributed by atoms with van der Waals surface area (Å²) < 4.78 is 81.2. The molecule has 0 aromatic rings. The van der Waals surface area contributed by atoms with E-state index < -0.39 is 29.7 Å². The minimum Gasteiger partial charge on any atom is -0.459 e. The molecule has 0 radical (unpaired) electrons. The Hall–Kier alpha value is -0.950. The molecule has 0 aromatic carbocycles. The second kappa shape index (κ2) is 12.5. The Morgan fingerprint density at radius 2 is 1.71 bits per heavy atom. The van der Waals surface area contributed by atoms with E-state index in [1.807, 2.05) is 25.8 Å². The molecule has 2 heterocycles. The number of carbonyl (C=O) groups excluding carboxylic acids is 1. The van der Waals surface area contributed by atoms with E-state index in [2.05, 4.69) is 0 Å². The van der Waals surface area contributed by atoms with Crippen LogP contribution in [0.3, 0.4) is 0 Å². The number of allylic oxidation sites excluding steroid dienone is 2. The van der Waals surface area contributed by atoms with Gasteiger partial charge in [0.05, 0.1) is 0 Å². The standard InChI is InChI=1S/C23H37F5N2O4S/c1-20(2,3)33-19(31)21(12-16-32-17-13-21)29(4)35-34-30-14-9-18(10-15-30)8-6-5-7-11-22(24,25)23(26,27)28/h5,7,18H,6,8-17H2,1-4H3/b7-5+. The zero-order chi connectivity index (χ0) is 26.3. The van der Waals surface area contributed by atoms with Gasteiger partial charge in [0.1, 0.15) is 23.4 Å². The van der Waals surface area contributed by atoms with E-state index in [1.165, 1.54) is 6.08 Å². The number of hydroxylamine groups is 2. The Morgan fingerprint density at radius 1 is 1.11 bits per heavy atom. The van der Waals surface area contributed by atoms with Crippen LogP contribution in [0.15, 0.2) is 12.2 Å². The van der Waals surface area contributed by atoms with E-state index in [0.29, 0.717) is 51.5 Å². The molecule has 0 unspecified atom stereocenters. The van der Waals surface area contributed by atoms with Crippen LogP contribution in [-0.4, -0.2) is 71.9 Å². The van der Waals surface area contributed by atoms with Gasteiger partial charge in [-0.1, -0.05) is 12.2 Å². The lowest BCUT2D eigenvalue weighted by molar-refractivity contribution is -0.280. The lowest BCUT2D eigenvalue weighted by atomic mass is 9.90. The molecule has 2 rings (SSSR count). The van der Waals surface area contributed by atoms with Crippen molar-refractivity contribution in [3.05, 3.63) is 12.2 Å². The first-order valence-electron chi connectivity index (χ1n) is 11.9. The van der Waals surface area contributed by atoms with Gasteiger partial charge in [0.25, 0.3) is 0 Å². The van der Waals surface area contributed by atoms with Crippen LogP contribution in [0.25, 0.3) is 0 Å². The van der Waals surface area contributed by atoms with Crippen molar-refractivity contribution in [3.63, 3.8) is 0 Å². The molecule has 0 bridgehead atoms. The predicted octanol–water partition coefficient (Wildman–Crippen LogP) is 5.94. The van der Waals surface area contributed by atoms with Crippen LogP contribution in [0.2, 0.25) is 0 Å². The molecule has 0 amide bonds. The van der Waals surface area contributed by atoms with Crippen molar-refractivity contribution in [2.24, 2.45) is 5.92 Å². The van der Waals surface area contributed by atoms with Crippen LogP contribution in [0.4, 0.5) is 22.0 Å². The van der Waals surface area contributed by atoms with E-state index in [1.54, 1.807) is 11.4 Å². The van der Waals surface area contributed by atoms with E-state index in [9.17, 15) is 26.7 Å². The number of nitrogens with zero attached hydrogens (tertiary/aromatic N) is 2. The zero-order valence-corrected chi connectivity index (χ0v) is 21.7. The molecule has 204 valence electrons. The topological polar surface area (TPSA) is 51.2 Å². The summed E-state index contributed by atoms with van der Waals surface area (Å²) in [5, 5.41) is 1.82. The van der Waals surface area contributed by atoms with Crippen LogP contribution in [-0.2, 0) is 18.6 Å². The second-order valence-corrected chi connectivity index (χ2v) is 11.0. The Labute approximate surface area is 208 Å². The number of carbonyl (C=O) groups is 1. The molecule has 0 aromatic heterocycles.